The molecule has 19 heavy (non-hydrogen) atoms. The molecule has 0 saturated carbocycles. The van der Waals surface area contributed by atoms with Crippen molar-refractivity contribution in [2.75, 3.05) is 11.4 Å². The minimum atomic E-state index is -0.346. The second kappa shape index (κ2) is 5.55. The lowest BCUT2D eigenvalue weighted by Gasteiger charge is -2.38. The zero-order valence-electron chi connectivity index (χ0n) is 12.4. The molecule has 0 heterocycles. The third-order valence-corrected chi connectivity index (χ3v) is 3.07. The highest BCUT2D eigenvalue weighted by molar-refractivity contribution is 6.00. The van der Waals surface area contributed by atoms with Crippen LogP contribution in [0.2, 0.25) is 0 Å². The van der Waals surface area contributed by atoms with Gasteiger partial charge in [-0.15, -0.1) is 6.58 Å². The lowest BCUT2D eigenvalue weighted by Crippen LogP contribution is -2.42. The number of benzene rings is 1. The van der Waals surface area contributed by atoms with Crippen LogP contribution in [0.5, 0.6) is 0 Å². The molecule has 0 radical (unpaired) electrons. The highest BCUT2D eigenvalue weighted by atomic mass is 19.1. The molecule has 0 unspecified atom stereocenters. The lowest BCUT2D eigenvalue weighted by atomic mass is 9.99. The first-order valence-electron chi connectivity index (χ1n) is 6.38. The SMILES string of the molecule is C=CCN(c1cc(C)c(F)cc1C(C)=O)C(C)(C)C. The minimum absolute atomic E-state index is 0.132. The minimum Gasteiger partial charge on any atom is -0.362 e. The maximum Gasteiger partial charge on any atom is 0.161 e. The molecule has 0 aliphatic carbocycles. The van der Waals surface area contributed by atoms with Gasteiger partial charge in [-0.1, -0.05) is 6.08 Å². The number of rotatable bonds is 4. The first kappa shape index (κ1) is 15.4. The number of halogens is 1. The van der Waals surface area contributed by atoms with Gasteiger partial charge in [-0.05, 0) is 52.3 Å². The molecule has 0 saturated heterocycles. The van der Waals surface area contributed by atoms with Gasteiger partial charge in [0.25, 0.3) is 0 Å². The van der Waals surface area contributed by atoms with Crippen molar-refractivity contribution in [2.24, 2.45) is 0 Å². The standard InChI is InChI=1S/C16H22FNO/c1-7-8-18(16(4,5)6)15-9-11(2)14(17)10-13(15)12(3)19/h7,9-10H,1,8H2,2-6H3. The fourth-order valence-corrected chi connectivity index (χ4v) is 2.03. The number of Topliss-reactive ketones (excluding diaryl/α,β-unsaturated/α-hetero) is 1. The lowest BCUT2D eigenvalue weighted by molar-refractivity contribution is 0.101. The van der Waals surface area contributed by atoms with E-state index in [1.165, 1.54) is 13.0 Å². The van der Waals surface area contributed by atoms with Gasteiger partial charge < -0.3 is 4.90 Å². The summed E-state index contributed by atoms with van der Waals surface area (Å²) in [7, 11) is 0. The van der Waals surface area contributed by atoms with Crippen LogP contribution in [0.25, 0.3) is 0 Å². The summed E-state index contributed by atoms with van der Waals surface area (Å²) in [6, 6.07) is 3.07. The van der Waals surface area contributed by atoms with E-state index in [2.05, 4.69) is 32.3 Å². The van der Waals surface area contributed by atoms with Crippen LogP contribution >= 0.6 is 0 Å². The number of hydrogen-bond donors (Lipinski definition) is 0. The second-order valence-corrected chi connectivity index (χ2v) is 5.74. The zero-order chi connectivity index (χ0) is 14.8. The summed E-state index contributed by atoms with van der Waals surface area (Å²) in [5, 5.41) is 0. The highest BCUT2D eigenvalue weighted by Crippen LogP contribution is 2.30. The quantitative estimate of drug-likeness (QED) is 0.601. The molecule has 3 heteroatoms. The van der Waals surface area contributed by atoms with Gasteiger partial charge in [0.15, 0.2) is 5.78 Å². The van der Waals surface area contributed by atoms with Gasteiger partial charge in [0.2, 0.25) is 0 Å². The van der Waals surface area contributed by atoms with Crippen LogP contribution in [0.1, 0.15) is 43.6 Å². The van der Waals surface area contributed by atoms with Crippen LogP contribution in [0.15, 0.2) is 24.8 Å². The maximum atomic E-state index is 13.7. The van der Waals surface area contributed by atoms with E-state index in [1.807, 2.05) is 0 Å². The van der Waals surface area contributed by atoms with E-state index in [0.717, 1.165) is 5.69 Å². The molecule has 0 aliphatic rings. The molecule has 0 aliphatic heterocycles. The average Bonchev–Trinajstić information content (AvgIpc) is 2.27. The molecular formula is C16H22FNO. The molecule has 0 spiro atoms. The van der Waals surface area contributed by atoms with Gasteiger partial charge in [-0.2, -0.15) is 0 Å². The number of ketones is 1. The molecule has 0 fully saturated rings. The van der Waals surface area contributed by atoms with E-state index in [4.69, 9.17) is 0 Å². The topological polar surface area (TPSA) is 20.3 Å². The molecule has 104 valence electrons. The van der Waals surface area contributed by atoms with Crippen molar-refractivity contribution in [3.8, 4) is 0 Å². The molecule has 0 aromatic heterocycles. The summed E-state index contributed by atoms with van der Waals surface area (Å²) in [4.78, 5) is 13.8. The number of anilines is 1. The molecule has 1 rings (SSSR count). The van der Waals surface area contributed by atoms with E-state index in [-0.39, 0.29) is 17.1 Å². The summed E-state index contributed by atoms with van der Waals surface area (Å²) in [6.07, 6.45) is 1.79. The van der Waals surface area contributed by atoms with E-state index in [0.29, 0.717) is 17.7 Å². The van der Waals surface area contributed by atoms with Gasteiger partial charge in [0.1, 0.15) is 5.82 Å². The van der Waals surface area contributed by atoms with Crippen LogP contribution < -0.4 is 4.90 Å². The Kier molecular flexibility index (Phi) is 4.51. The van der Waals surface area contributed by atoms with Crippen molar-refractivity contribution in [1.29, 1.82) is 0 Å². The van der Waals surface area contributed by atoms with Crippen LogP contribution in [0.3, 0.4) is 0 Å². The molecule has 0 amide bonds. The summed E-state index contributed by atoms with van der Waals surface area (Å²) in [5.41, 5.74) is 1.54. The first-order chi connectivity index (χ1) is 8.68. The summed E-state index contributed by atoms with van der Waals surface area (Å²) in [5.74, 6) is -0.478. The smallest absolute Gasteiger partial charge is 0.161 e. The summed E-state index contributed by atoms with van der Waals surface area (Å²) >= 11 is 0. The van der Waals surface area contributed by atoms with Gasteiger partial charge in [0, 0.05) is 23.3 Å². The van der Waals surface area contributed by atoms with Crippen LogP contribution in [-0.2, 0) is 0 Å². The average molecular weight is 263 g/mol. The monoisotopic (exact) mass is 263 g/mol. The van der Waals surface area contributed by atoms with Gasteiger partial charge in [0.05, 0.1) is 0 Å². The molecule has 2 nitrogen and oxygen atoms in total. The van der Waals surface area contributed by atoms with Gasteiger partial charge >= 0.3 is 0 Å². The van der Waals surface area contributed by atoms with Crippen LogP contribution in [0.4, 0.5) is 10.1 Å². The van der Waals surface area contributed by atoms with Crippen molar-refractivity contribution in [1.82, 2.24) is 0 Å². The summed E-state index contributed by atoms with van der Waals surface area (Å²) in [6.45, 7) is 13.7. The maximum absolute atomic E-state index is 13.7. The Morgan fingerprint density at radius 2 is 2.00 bits per heavy atom. The molecule has 0 N–H and O–H groups in total. The third-order valence-electron chi connectivity index (χ3n) is 3.07. The fraction of sp³-hybridized carbons (Fsp3) is 0.438. The number of aryl methyl sites for hydroxylation is 1. The number of nitrogens with zero attached hydrogens (tertiary/aromatic N) is 1. The van der Waals surface area contributed by atoms with Crippen molar-refractivity contribution >= 4 is 11.5 Å². The second-order valence-electron chi connectivity index (χ2n) is 5.74. The van der Waals surface area contributed by atoms with Crippen molar-refractivity contribution < 1.29 is 9.18 Å². The van der Waals surface area contributed by atoms with E-state index in [1.54, 1.807) is 19.1 Å². The molecule has 1 aromatic rings. The number of carbonyl (C=O) groups excluding carboxylic acids is 1. The zero-order valence-corrected chi connectivity index (χ0v) is 12.4. The Morgan fingerprint density at radius 3 is 2.42 bits per heavy atom. The van der Waals surface area contributed by atoms with Gasteiger partial charge in [-0.25, -0.2) is 4.39 Å². The predicted octanol–water partition coefficient (Wildman–Crippen LogP) is 4.13. The summed E-state index contributed by atoms with van der Waals surface area (Å²) < 4.78 is 13.7. The van der Waals surface area contributed by atoms with Crippen LogP contribution in [0, 0.1) is 12.7 Å². The Bertz CT molecular complexity index is 500. The number of hydrogen-bond acceptors (Lipinski definition) is 2. The third kappa shape index (κ3) is 3.43. The van der Waals surface area contributed by atoms with Crippen molar-refractivity contribution in [3.05, 3.63) is 41.7 Å². The Morgan fingerprint density at radius 1 is 1.42 bits per heavy atom. The highest BCUT2D eigenvalue weighted by Gasteiger charge is 2.25. The number of carbonyl (C=O) groups is 1. The molecule has 1 aromatic carbocycles. The Balaban J connectivity index is 3.48. The van der Waals surface area contributed by atoms with E-state index in [9.17, 15) is 9.18 Å². The molecular weight excluding hydrogens is 241 g/mol. The Hall–Kier alpha value is -1.64. The fourth-order valence-electron chi connectivity index (χ4n) is 2.03. The largest absolute Gasteiger partial charge is 0.362 e. The van der Waals surface area contributed by atoms with Crippen molar-refractivity contribution in [2.45, 2.75) is 40.2 Å². The molecule has 0 atom stereocenters. The predicted molar refractivity (Wildman–Crippen MR) is 78.4 cm³/mol. The Labute approximate surface area is 114 Å². The van der Waals surface area contributed by atoms with Crippen LogP contribution in [-0.4, -0.2) is 17.9 Å². The first-order valence-corrected chi connectivity index (χ1v) is 6.38. The van der Waals surface area contributed by atoms with Crippen molar-refractivity contribution in [3.63, 3.8) is 0 Å². The van der Waals surface area contributed by atoms with Gasteiger partial charge in [-0.3, -0.25) is 4.79 Å². The normalized spacial score (nSPS) is 11.3. The van der Waals surface area contributed by atoms with E-state index < -0.39 is 0 Å². The van der Waals surface area contributed by atoms with E-state index >= 15 is 0 Å². The molecule has 0 bridgehead atoms.